The highest BCUT2D eigenvalue weighted by atomic mass is 32.2. The van der Waals surface area contributed by atoms with Gasteiger partial charge in [0.15, 0.2) is 9.84 Å². The van der Waals surface area contributed by atoms with E-state index in [4.69, 9.17) is 10.00 Å². The van der Waals surface area contributed by atoms with E-state index in [1.807, 2.05) is 13.0 Å². The Morgan fingerprint density at radius 1 is 1.41 bits per heavy atom. The average molecular weight is 322 g/mol. The molecule has 6 nitrogen and oxygen atoms in total. The van der Waals surface area contributed by atoms with Crippen LogP contribution in [0.1, 0.15) is 18.1 Å². The summed E-state index contributed by atoms with van der Waals surface area (Å²) in [5.41, 5.74) is 1.04. The topological polar surface area (TPSA) is 87.5 Å². The van der Waals surface area contributed by atoms with Crippen molar-refractivity contribution in [1.82, 2.24) is 4.90 Å². The first kappa shape index (κ1) is 16.5. The van der Waals surface area contributed by atoms with Crippen LogP contribution in [0.15, 0.2) is 24.3 Å². The van der Waals surface area contributed by atoms with Gasteiger partial charge in [-0.25, -0.2) is 8.42 Å². The van der Waals surface area contributed by atoms with Gasteiger partial charge in [0.1, 0.15) is 5.75 Å². The summed E-state index contributed by atoms with van der Waals surface area (Å²) in [5.74, 6) is -1.09. The molecule has 1 fully saturated rings. The van der Waals surface area contributed by atoms with E-state index in [0.717, 1.165) is 0 Å². The van der Waals surface area contributed by atoms with Gasteiger partial charge in [0.2, 0.25) is 5.91 Å². The Kier molecular flexibility index (Phi) is 5.16. The number of rotatable bonds is 4. The Bertz CT molecular complexity index is 676. The van der Waals surface area contributed by atoms with Crippen LogP contribution in [0.4, 0.5) is 0 Å². The number of carbonyl (C=O) groups excluding carboxylic acids is 1. The number of ether oxygens (including phenoxy) is 1. The van der Waals surface area contributed by atoms with Crippen molar-refractivity contribution < 1.29 is 17.9 Å². The number of morpholine rings is 1. The van der Waals surface area contributed by atoms with E-state index in [9.17, 15) is 13.2 Å². The number of nitrogens with zero attached hydrogens (tertiary/aromatic N) is 2. The highest BCUT2D eigenvalue weighted by molar-refractivity contribution is 7.91. The molecule has 0 radical (unpaired) electrons. The molecule has 118 valence electrons. The summed E-state index contributed by atoms with van der Waals surface area (Å²) in [5, 5.41) is 8.72. The number of benzene rings is 1. The van der Waals surface area contributed by atoms with Crippen molar-refractivity contribution in [1.29, 1.82) is 5.26 Å². The summed E-state index contributed by atoms with van der Waals surface area (Å²) in [4.78, 5) is 13.6. The molecule has 1 aliphatic heterocycles. The molecular weight excluding hydrogens is 304 g/mol. The minimum atomic E-state index is -3.54. The van der Waals surface area contributed by atoms with Gasteiger partial charge in [-0.1, -0.05) is 12.1 Å². The van der Waals surface area contributed by atoms with Crippen molar-refractivity contribution >= 4 is 15.7 Å². The predicted molar refractivity (Wildman–Crippen MR) is 80.6 cm³/mol. The van der Waals surface area contributed by atoms with Crippen molar-refractivity contribution in [2.75, 3.05) is 25.4 Å². The third kappa shape index (κ3) is 4.55. The normalized spacial score (nSPS) is 18.7. The lowest BCUT2D eigenvalue weighted by molar-refractivity contribution is -0.135. The molecule has 0 N–H and O–H groups in total. The van der Waals surface area contributed by atoms with Crippen molar-refractivity contribution in [3.63, 3.8) is 0 Å². The molecule has 0 spiro atoms. The number of hydrogen-bond donors (Lipinski definition) is 0. The van der Waals surface area contributed by atoms with Crippen LogP contribution >= 0.6 is 0 Å². The van der Waals surface area contributed by atoms with E-state index in [0.29, 0.717) is 30.8 Å². The van der Waals surface area contributed by atoms with Gasteiger partial charge in [-0.05, 0) is 24.6 Å². The minimum absolute atomic E-state index is 0.0704. The second-order valence-electron chi connectivity index (χ2n) is 5.36. The van der Waals surface area contributed by atoms with Crippen LogP contribution in [-0.4, -0.2) is 50.8 Å². The molecule has 1 saturated heterocycles. The first-order valence-corrected chi connectivity index (χ1v) is 8.80. The van der Waals surface area contributed by atoms with Crippen molar-refractivity contribution in [3.8, 4) is 6.07 Å². The maximum atomic E-state index is 12.1. The SMILES string of the molecule is C[C@H]1CN(C(=O)CS(=O)(=O)Cc2ccc(C#N)cc2)CCO1. The van der Waals surface area contributed by atoms with Gasteiger partial charge in [0, 0.05) is 13.1 Å². The number of nitriles is 1. The second-order valence-corrected chi connectivity index (χ2v) is 7.43. The summed E-state index contributed by atoms with van der Waals surface area (Å²) in [6.45, 7) is 3.13. The number of carbonyl (C=O) groups is 1. The third-order valence-corrected chi connectivity index (χ3v) is 4.87. The van der Waals surface area contributed by atoms with Crippen LogP contribution in [0.25, 0.3) is 0 Å². The largest absolute Gasteiger partial charge is 0.375 e. The molecule has 7 heteroatoms. The van der Waals surface area contributed by atoms with Gasteiger partial charge in [-0.15, -0.1) is 0 Å². The van der Waals surface area contributed by atoms with E-state index < -0.39 is 15.6 Å². The predicted octanol–water partition coefficient (Wildman–Crippen LogP) is 0.720. The summed E-state index contributed by atoms with van der Waals surface area (Å²) in [7, 11) is -3.54. The van der Waals surface area contributed by atoms with E-state index in [1.54, 1.807) is 24.3 Å². The Morgan fingerprint density at radius 2 is 2.09 bits per heavy atom. The molecule has 0 saturated carbocycles. The van der Waals surface area contributed by atoms with E-state index in [-0.39, 0.29) is 17.8 Å². The third-order valence-electron chi connectivity index (χ3n) is 3.41. The monoisotopic (exact) mass is 322 g/mol. The fourth-order valence-electron chi connectivity index (χ4n) is 2.30. The molecule has 0 bridgehead atoms. The summed E-state index contributed by atoms with van der Waals surface area (Å²) in [6, 6.07) is 8.30. The van der Waals surface area contributed by atoms with E-state index >= 15 is 0 Å². The Labute approximate surface area is 130 Å². The molecular formula is C15H18N2O4S. The molecule has 2 rings (SSSR count). The molecule has 0 aliphatic carbocycles. The number of sulfone groups is 1. The lowest BCUT2D eigenvalue weighted by Gasteiger charge is -2.31. The van der Waals surface area contributed by atoms with Gasteiger partial charge < -0.3 is 9.64 Å². The van der Waals surface area contributed by atoms with E-state index in [2.05, 4.69) is 0 Å². The molecule has 1 aromatic carbocycles. The molecule has 1 amide bonds. The maximum Gasteiger partial charge on any atom is 0.237 e. The summed E-state index contributed by atoms with van der Waals surface area (Å²) in [6.07, 6.45) is -0.0704. The van der Waals surface area contributed by atoms with Crippen LogP contribution in [0, 0.1) is 11.3 Å². The van der Waals surface area contributed by atoms with Crippen molar-refractivity contribution in [2.45, 2.75) is 18.8 Å². The molecule has 0 unspecified atom stereocenters. The van der Waals surface area contributed by atoms with Crippen molar-refractivity contribution in [3.05, 3.63) is 35.4 Å². The molecule has 1 aliphatic rings. The molecule has 1 aromatic rings. The summed E-state index contributed by atoms with van der Waals surface area (Å²) >= 11 is 0. The van der Waals surface area contributed by atoms with Crippen molar-refractivity contribution in [2.24, 2.45) is 0 Å². The van der Waals surface area contributed by atoms with Crippen LogP contribution in [0.3, 0.4) is 0 Å². The minimum Gasteiger partial charge on any atom is -0.375 e. The Balaban J connectivity index is 1.98. The zero-order valence-electron chi connectivity index (χ0n) is 12.4. The molecule has 0 aromatic heterocycles. The van der Waals surface area contributed by atoms with Crippen LogP contribution in [0.2, 0.25) is 0 Å². The highest BCUT2D eigenvalue weighted by Gasteiger charge is 2.25. The maximum absolute atomic E-state index is 12.1. The first-order chi connectivity index (χ1) is 10.4. The standard InChI is InChI=1S/C15H18N2O4S/c1-12-9-17(6-7-21-12)15(18)11-22(19,20)10-14-4-2-13(8-16)3-5-14/h2-5,12H,6-7,9-11H2,1H3/t12-/m0/s1. The van der Waals surface area contributed by atoms with Crippen LogP contribution in [0.5, 0.6) is 0 Å². The Hall–Kier alpha value is -1.91. The fraction of sp³-hybridized carbons (Fsp3) is 0.467. The first-order valence-electron chi connectivity index (χ1n) is 6.98. The molecule has 1 heterocycles. The Morgan fingerprint density at radius 3 is 2.68 bits per heavy atom. The number of amides is 1. The second kappa shape index (κ2) is 6.90. The van der Waals surface area contributed by atoms with E-state index in [1.165, 1.54) is 4.90 Å². The molecule has 1 atom stereocenters. The fourth-order valence-corrected chi connectivity index (χ4v) is 3.67. The smallest absolute Gasteiger partial charge is 0.237 e. The quantitative estimate of drug-likeness (QED) is 0.815. The highest BCUT2D eigenvalue weighted by Crippen LogP contribution is 2.11. The van der Waals surface area contributed by atoms with Crippen LogP contribution in [-0.2, 0) is 25.1 Å². The van der Waals surface area contributed by atoms with Gasteiger partial charge in [-0.3, -0.25) is 4.79 Å². The van der Waals surface area contributed by atoms with Gasteiger partial charge in [-0.2, -0.15) is 5.26 Å². The van der Waals surface area contributed by atoms with Gasteiger partial charge in [0.25, 0.3) is 0 Å². The average Bonchev–Trinajstić information content (AvgIpc) is 2.47. The molecule has 22 heavy (non-hydrogen) atoms. The summed E-state index contributed by atoms with van der Waals surface area (Å²) < 4.78 is 29.6. The lowest BCUT2D eigenvalue weighted by Crippen LogP contribution is -2.46. The number of hydrogen-bond acceptors (Lipinski definition) is 5. The van der Waals surface area contributed by atoms with Crippen LogP contribution < -0.4 is 0 Å². The lowest BCUT2D eigenvalue weighted by atomic mass is 10.2. The zero-order chi connectivity index (χ0) is 16.2. The van der Waals surface area contributed by atoms with Gasteiger partial charge in [0.05, 0.1) is 30.1 Å². The zero-order valence-corrected chi connectivity index (χ0v) is 13.2. The van der Waals surface area contributed by atoms with Gasteiger partial charge >= 0.3 is 0 Å².